The highest BCUT2D eigenvalue weighted by Crippen LogP contribution is 2.23. The molecule has 6 nitrogen and oxygen atoms in total. The third-order valence-corrected chi connectivity index (χ3v) is 4.25. The molecule has 134 valence electrons. The van der Waals surface area contributed by atoms with Gasteiger partial charge in [0, 0.05) is 29.5 Å². The van der Waals surface area contributed by atoms with E-state index in [1.165, 1.54) is 38.2 Å². The van der Waals surface area contributed by atoms with E-state index in [2.05, 4.69) is 10.5 Å². The van der Waals surface area contributed by atoms with Crippen LogP contribution in [0.4, 0.5) is 0 Å². The lowest BCUT2D eigenvalue weighted by atomic mass is 9.95. The molecular formula is C19H26N4O2. The molecular weight excluding hydrogens is 316 g/mol. The van der Waals surface area contributed by atoms with Gasteiger partial charge in [0.25, 0.3) is 0 Å². The third-order valence-electron chi connectivity index (χ3n) is 4.25. The molecule has 0 aliphatic heterocycles. The summed E-state index contributed by atoms with van der Waals surface area (Å²) in [5.74, 6) is 0.664. The number of allylic oxidation sites excluding steroid dienone is 6. The Hall–Kier alpha value is -2.76. The second kappa shape index (κ2) is 9.52. The number of rotatable bonds is 6. The van der Waals surface area contributed by atoms with Crippen molar-refractivity contribution < 1.29 is 9.94 Å². The van der Waals surface area contributed by atoms with Crippen LogP contribution in [-0.4, -0.2) is 29.9 Å². The van der Waals surface area contributed by atoms with Gasteiger partial charge in [-0.25, -0.2) is 0 Å². The van der Waals surface area contributed by atoms with Gasteiger partial charge in [-0.2, -0.15) is 0 Å². The molecule has 0 aromatic carbocycles. The smallest absolute Gasteiger partial charge is 0.162 e. The first-order valence-corrected chi connectivity index (χ1v) is 8.49. The first kappa shape index (κ1) is 18.6. The SMILES string of the molecule is COC1=CC(=N)/C(=C\NC2CCCCC2)C=C1/C=C/C=C\C(N)=N\O. The van der Waals surface area contributed by atoms with Gasteiger partial charge in [0.1, 0.15) is 5.76 Å². The molecule has 0 saturated heterocycles. The fourth-order valence-electron chi connectivity index (χ4n) is 2.86. The number of hydrogen-bond acceptors (Lipinski definition) is 5. The molecule has 0 spiro atoms. The van der Waals surface area contributed by atoms with Gasteiger partial charge < -0.3 is 26.4 Å². The molecule has 1 fully saturated rings. The first-order valence-electron chi connectivity index (χ1n) is 8.49. The van der Waals surface area contributed by atoms with E-state index in [9.17, 15) is 0 Å². The number of nitrogens with two attached hydrogens (primary N) is 1. The van der Waals surface area contributed by atoms with E-state index >= 15 is 0 Å². The largest absolute Gasteiger partial charge is 0.496 e. The van der Waals surface area contributed by atoms with Crippen LogP contribution < -0.4 is 11.1 Å². The molecule has 25 heavy (non-hydrogen) atoms. The Morgan fingerprint density at radius 1 is 1.32 bits per heavy atom. The van der Waals surface area contributed by atoms with Crippen molar-refractivity contribution in [2.45, 2.75) is 38.1 Å². The Morgan fingerprint density at radius 3 is 2.76 bits per heavy atom. The van der Waals surface area contributed by atoms with Gasteiger partial charge in [-0.05, 0) is 25.0 Å². The van der Waals surface area contributed by atoms with E-state index in [-0.39, 0.29) is 5.84 Å². The normalized spacial score (nSPS) is 21.7. The zero-order valence-corrected chi connectivity index (χ0v) is 14.5. The van der Waals surface area contributed by atoms with Gasteiger partial charge in [0.15, 0.2) is 5.84 Å². The quantitative estimate of drug-likeness (QED) is 0.196. The van der Waals surface area contributed by atoms with Crippen LogP contribution in [0, 0.1) is 5.41 Å². The molecule has 2 aliphatic rings. The van der Waals surface area contributed by atoms with Crippen LogP contribution in [0.5, 0.6) is 0 Å². The standard InChI is InChI=1S/C19H26N4O2/c1-25-18-12-17(20)15(13-22-16-8-3-2-4-9-16)11-14(18)7-5-6-10-19(21)23-24/h5-7,10-13,16,20,22,24H,2-4,8-9H2,1H3,(H2,21,23)/b7-5+,10-6-,15-13-,20-17?. The van der Waals surface area contributed by atoms with Gasteiger partial charge in [-0.3, -0.25) is 0 Å². The van der Waals surface area contributed by atoms with Crippen molar-refractivity contribution >= 4 is 11.5 Å². The van der Waals surface area contributed by atoms with E-state index in [4.69, 9.17) is 21.1 Å². The molecule has 0 radical (unpaired) electrons. The maximum atomic E-state index is 8.50. The summed E-state index contributed by atoms with van der Waals surface area (Å²) in [7, 11) is 1.59. The van der Waals surface area contributed by atoms with Crippen LogP contribution in [0.25, 0.3) is 0 Å². The summed E-state index contributed by atoms with van der Waals surface area (Å²) in [5, 5.41) is 23.0. The average molecular weight is 342 g/mol. The third kappa shape index (κ3) is 5.67. The number of amidine groups is 1. The van der Waals surface area contributed by atoms with Crippen molar-refractivity contribution in [2.24, 2.45) is 10.9 Å². The molecule has 6 heteroatoms. The summed E-state index contributed by atoms with van der Waals surface area (Å²) in [6.07, 6.45) is 18.6. The minimum absolute atomic E-state index is 0.0313. The highest BCUT2D eigenvalue weighted by Gasteiger charge is 2.15. The second-order valence-electron chi connectivity index (χ2n) is 6.07. The summed E-state index contributed by atoms with van der Waals surface area (Å²) < 4.78 is 5.36. The minimum atomic E-state index is 0.0313. The Labute approximate surface area is 148 Å². The maximum absolute atomic E-state index is 8.50. The van der Waals surface area contributed by atoms with E-state index in [1.54, 1.807) is 25.3 Å². The summed E-state index contributed by atoms with van der Waals surface area (Å²) in [6, 6.07) is 0.498. The number of nitrogens with zero attached hydrogens (tertiary/aromatic N) is 1. The molecule has 0 aromatic heterocycles. The number of nitrogens with one attached hydrogen (secondary N) is 2. The zero-order valence-electron chi connectivity index (χ0n) is 14.5. The van der Waals surface area contributed by atoms with Gasteiger partial charge in [-0.15, -0.1) is 0 Å². The predicted molar refractivity (Wildman–Crippen MR) is 101 cm³/mol. The molecule has 0 unspecified atom stereocenters. The Kier molecular flexibility index (Phi) is 7.07. The summed E-state index contributed by atoms with van der Waals surface area (Å²) >= 11 is 0. The van der Waals surface area contributed by atoms with Crippen molar-refractivity contribution in [3.05, 3.63) is 59.6 Å². The van der Waals surface area contributed by atoms with E-state index < -0.39 is 0 Å². The van der Waals surface area contributed by atoms with Crippen LogP contribution in [0.15, 0.2) is 64.7 Å². The number of oxime groups is 1. The predicted octanol–water partition coefficient (Wildman–Crippen LogP) is 3.14. The minimum Gasteiger partial charge on any atom is -0.496 e. The lowest BCUT2D eigenvalue weighted by Crippen LogP contribution is -2.27. The van der Waals surface area contributed by atoms with Crippen LogP contribution >= 0.6 is 0 Å². The van der Waals surface area contributed by atoms with Crippen molar-refractivity contribution in [2.75, 3.05) is 7.11 Å². The Bertz CT molecular complexity index is 663. The monoisotopic (exact) mass is 342 g/mol. The summed E-state index contributed by atoms with van der Waals surface area (Å²) in [4.78, 5) is 0. The van der Waals surface area contributed by atoms with Gasteiger partial charge in [-0.1, -0.05) is 42.6 Å². The fourth-order valence-corrected chi connectivity index (χ4v) is 2.86. The first-order chi connectivity index (χ1) is 12.1. The van der Waals surface area contributed by atoms with E-state index in [0.717, 1.165) is 11.1 Å². The van der Waals surface area contributed by atoms with E-state index in [1.807, 2.05) is 18.4 Å². The number of ether oxygens (including phenoxy) is 1. The van der Waals surface area contributed by atoms with Crippen LogP contribution in [0.3, 0.4) is 0 Å². The lowest BCUT2D eigenvalue weighted by Gasteiger charge is -2.23. The van der Waals surface area contributed by atoms with Crippen LogP contribution in [-0.2, 0) is 4.74 Å². The molecule has 2 rings (SSSR count). The van der Waals surface area contributed by atoms with E-state index in [0.29, 0.717) is 17.5 Å². The zero-order chi connectivity index (χ0) is 18.1. The molecule has 0 amide bonds. The second-order valence-corrected chi connectivity index (χ2v) is 6.07. The molecule has 0 heterocycles. The highest BCUT2D eigenvalue weighted by atomic mass is 16.5. The summed E-state index contributed by atoms with van der Waals surface area (Å²) in [5.41, 5.74) is 7.49. The van der Waals surface area contributed by atoms with Crippen LogP contribution in [0.1, 0.15) is 32.1 Å². The summed E-state index contributed by atoms with van der Waals surface area (Å²) in [6.45, 7) is 0. The van der Waals surface area contributed by atoms with Crippen molar-refractivity contribution in [3.8, 4) is 0 Å². The highest BCUT2D eigenvalue weighted by molar-refractivity contribution is 6.10. The van der Waals surface area contributed by atoms with Crippen LogP contribution in [0.2, 0.25) is 0 Å². The Balaban J connectivity index is 2.11. The fraction of sp³-hybridized carbons (Fsp3) is 0.368. The van der Waals surface area contributed by atoms with Gasteiger partial charge >= 0.3 is 0 Å². The van der Waals surface area contributed by atoms with Crippen molar-refractivity contribution in [1.29, 1.82) is 5.41 Å². The van der Waals surface area contributed by atoms with Gasteiger partial charge in [0.2, 0.25) is 0 Å². The van der Waals surface area contributed by atoms with Crippen molar-refractivity contribution in [3.63, 3.8) is 0 Å². The molecule has 0 aromatic rings. The number of methoxy groups -OCH3 is 1. The number of hydrogen-bond donors (Lipinski definition) is 4. The molecule has 1 saturated carbocycles. The topological polar surface area (TPSA) is 104 Å². The average Bonchev–Trinajstić information content (AvgIpc) is 2.65. The lowest BCUT2D eigenvalue weighted by molar-refractivity contribution is 0.303. The molecule has 5 N–H and O–H groups in total. The van der Waals surface area contributed by atoms with Crippen molar-refractivity contribution in [1.82, 2.24) is 5.32 Å². The Morgan fingerprint density at radius 2 is 2.08 bits per heavy atom. The molecule has 0 bridgehead atoms. The van der Waals surface area contributed by atoms with Gasteiger partial charge in [0.05, 0.1) is 12.8 Å². The molecule has 0 atom stereocenters. The maximum Gasteiger partial charge on any atom is 0.162 e. The molecule has 2 aliphatic carbocycles.